The van der Waals surface area contributed by atoms with E-state index in [1.165, 1.54) is 24.4 Å². The number of benzene rings is 2. The second-order valence-corrected chi connectivity index (χ2v) is 10.9. The molecule has 0 amide bonds. The maximum Gasteiger partial charge on any atom is 0.218 e. The fourth-order valence-corrected chi connectivity index (χ4v) is 5.84. The minimum absolute atomic E-state index is 0. The Kier molecular flexibility index (Phi) is 8.19. The molecule has 0 aliphatic carbocycles. The van der Waals surface area contributed by atoms with Crippen LogP contribution in [0.4, 0.5) is 0 Å². The van der Waals surface area contributed by atoms with E-state index in [-0.39, 0.29) is 45.4 Å². The quantitative estimate of drug-likeness (QED) is 0.599. The first-order valence-corrected chi connectivity index (χ1v) is 11.7. The molecule has 0 radical (unpaired) electrons. The lowest BCUT2D eigenvalue weighted by Crippen LogP contribution is -2.05. The third-order valence-electron chi connectivity index (χ3n) is 3.73. The first-order chi connectivity index (χ1) is 12.2. The Bertz CT molecular complexity index is 1160. The van der Waals surface area contributed by atoms with Crippen molar-refractivity contribution >= 4 is 55.8 Å². The predicted octanol–water partition coefficient (Wildman–Crippen LogP) is 3.35. The highest BCUT2D eigenvalue weighted by atomic mass is 35.5. The largest absolute Gasteiger partial charge is 0.325 e. The average molecular weight is 481 g/mol. The molecule has 0 saturated carbocycles. The topological polar surface area (TPSA) is 107 Å². The van der Waals surface area contributed by atoms with Crippen LogP contribution in [0.25, 0.3) is 11.1 Å². The average Bonchev–Trinajstić information content (AvgIpc) is 3.11. The zero-order valence-corrected chi connectivity index (χ0v) is 18.7. The van der Waals surface area contributed by atoms with Crippen LogP contribution in [0.1, 0.15) is 5.01 Å². The first-order valence-electron chi connectivity index (χ1n) is 7.53. The highest BCUT2D eigenvalue weighted by Crippen LogP contribution is 2.35. The summed E-state index contributed by atoms with van der Waals surface area (Å²) >= 11 is 0.978. The van der Waals surface area contributed by atoms with Crippen LogP contribution in [-0.2, 0) is 26.2 Å². The van der Waals surface area contributed by atoms with Crippen molar-refractivity contribution in [3.05, 3.63) is 59.7 Å². The van der Waals surface area contributed by atoms with E-state index in [1.807, 2.05) is 6.07 Å². The molecule has 0 atom stereocenters. The van der Waals surface area contributed by atoms with Gasteiger partial charge in [0.05, 0.1) is 16.0 Å². The van der Waals surface area contributed by atoms with E-state index in [4.69, 9.17) is 5.73 Å². The number of thiazole rings is 1. The Morgan fingerprint density at radius 3 is 2.18 bits per heavy atom. The lowest BCUT2D eigenvalue weighted by atomic mass is 10.1. The smallest absolute Gasteiger partial charge is 0.218 e. The van der Waals surface area contributed by atoms with Gasteiger partial charge in [-0.2, -0.15) is 0 Å². The molecular formula is C17H18Cl2N2O4S3. The van der Waals surface area contributed by atoms with Gasteiger partial charge in [0.1, 0.15) is 9.22 Å². The molecule has 0 unspecified atom stereocenters. The predicted molar refractivity (Wildman–Crippen MR) is 115 cm³/mol. The Labute approximate surface area is 180 Å². The Hall–Kier alpha value is -1.49. The molecule has 152 valence electrons. The number of aromatic nitrogens is 1. The fraction of sp³-hybridized carbons (Fsp3) is 0.118. The van der Waals surface area contributed by atoms with Crippen LogP contribution >= 0.6 is 36.2 Å². The lowest BCUT2D eigenvalue weighted by Gasteiger charge is -2.11. The summed E-state index contributed by atoms with van der Waals surface area (Å²) in [6, 6.07) is 13.1. The molecule has 6 nitrogen and oxygen atoms in total. The van der Waals surface area contributed by atoms with E-state index < -0.39 is 19.7 Å². The van der Waals surface area contributed by atoms with Crippen LogP contribution in [0.15, 0.2) is 68.7 Å². The summed E-state index contributed by atoms with van der Waals surface area (Å²) < 4.78 is 50.2. The molecule has 3 rings (SSSR count). The summed E-state index contributed by atoms with van der Waals surface area (Å²) in [5.74, 6) is 0. The molecule has 1 aromatic heterocycles. The molecule has 0 bridgehead atoms. The van der Waals surface area contributed by atoms with E-state index in [1.54, 1.807) is 24.3 Å². The van der Waals surface area contributed by atoms with Gasteiger partial charge in [-0.1, -0.05) is 36.4 Å². The minimum Gasteiger partial charge on any atom is -0.325 e. The molecule has 1 heterocycles. The lowest BCUT2D eigenvalue weighted by molar-refractivity contribution is 0.597. The molecule has 0 aliphatic rings. The number of hydrogen-bond donors (Lipinski definition) is 1. The number of hydrogen-bond acceptors (Lipinski definition) is 7. The molecule has 0 fully saturated rings. The number of rotatable bonds is 5. The van der Waals surface area contributed by atoms with Crippen molar-refractivity contribution in [2.45, 2.75) is 20.5 Å². The monoisotopic (exact) mass is 480 g/mol. The number of halogens is 2. The van der Waals surface area contributed by atoms with E-state index >= 15 is 0 Å². The van der Waals surface area contributed by atoms with Crippen molar-refractivity contribution < 1.29 is 16.8 Å². The highest BCUT2D eigenvalue weighted by Gasteiger charge is 2.26. The molecule has 2 N–H and O–H groups in total. The number of nitrogens with zero attached hydrogens (tertiary/aromatic N) is 1. The van der Waals surface area contributed by atoms with E-state index in [2.05, 4.69) is 4.98 Å². The van der Waals surface area contributed by atoms with Crippen molar-refractivity contribution in [2.75, 3.05) is 6.26 Å². The second kappa shape index (κ2) is 9.34. The standard InChI is InChI=1S/C17H16N2O4S3.2ClH/c1-25(20,21)13-7-8-14(12-5-3-2-4-6-12)15(9-13)26(22,23)17-11-19-16(10-18)24-17;;/h2-9,11H,10,18H2,1H3;2*1H. The van der Waals surface area contributed by atoms with Gasteiger partial charge in [-0.05, 0) is 17.7 Å². The van der Waals surface area contributed by atoms with Crippen LogP contribution in [0.5, 0.6) is 0 Å². The molecule has 11 heteroatoms. The SMILES string of the molecule is CS(=O)(=O)c1ccc(-c2ccccc2)c(S(=O)(=O)c2cnc(CN)s2)c1.Cl.Cl. The second-order valence-electron chi connectivity index (χ2n) is 5.58. The minimum atomic E-state index is -3.95. The number of sulfone groups is 2. The molecule has 0 saturated heterocycles. The van der Waals surface area contributed by atoms with E-state index in [0.717, 1.165) is 17.6 Å². The maximum atomic E-state index is 13.2. The summed E-state index contributed by atoms with van der Waals surface area (Å²) in [6.07, 6.45) is 2.30. The molecule has 0 aliphatic heterocycles. The first kappa shape index (κ1) is 24.5. The Morgan fingerprint density at radius 2 is 1.64 bits per heavy atom. The van der Waals surface area contributed by atoms with E-state index in [9.17, 15) is 16.8 Å². The Morgan fingerprint density at radius 1 is 1.00 bits per heavy atom. The Balaban J connectivity index is 0.00000196. The van der Waals surface area contributed by atoms with Gasteiger partial charge in [0.15, 0.2) is 9.84 Å². The number of nitrogens with two attached hydrogens (primary N) is 1. The fourth-order valence-electron chi connectivity index (χ4n) is 2.43. The van der Waals surface area contributed by atoms with Crippen molar-refractivity contribution in [3.63, 3.8) is 0 Å². The zero-order valence-electron chi connectivity index (χ0n) is 14.6. The van der Waals surface area contributed by atoms with Crippen molar-refractivity contribution in [1.82, 2.24) is 4.98 Å². The van der Waals surface area contributed by atoms with Crippen LogP contribution < -0.4 is 5.73 Å². The third-order valence-corrected chi connectivity index (χ3v) is 8.11. The molecule has 0 spiro atoms. The normalized spacial score (nSPS) is 11.4. The summed E-state index contributed by atoms with van der Waals surface area (Å²) in [4.78, 5) is 3.87. The van der Waals surface area contributed by atoms with Gasteiger partial charge < -0.3 is 5.73 Å². The van der Waals surface area contributed by atoms with Gasteiger partial charge in [0, 0.05) is 18.4 Å². The molecule has 28 heavy (non-hydrogen) atoms. The van der Waals surface area contributed by atoms with Gasteiger partial charge >= 0.3 is 0 Å². The zero-order chi connectivity index (χ0) is 18.9. The van der Waals surface area contributed by atoms with Crippen molar-refractivity contribution in [1.29, 1.82) is 0 Å². The van der Waals surface area contributed by atoms with Crippen molar-refractivity contribution in [3.8, 4) is 11.1 Å². The molecule has 2 aromatic carbocycles. The van der Waals surface area contributed by atoms with Crippen LogP contribution in [0, 0.1) is 0 Å². The van der Waals surface area contributed by atoms with Gasteiger partial charge in [0.25, 0.3) is 0 Å². The summed E-state index contributed by atoms with van der Waals surface area (Å²) in [5.41, 5.74) is 6.63. The molecule has 3 aromatic rings. The van der Waals surface area contributed by atoms with Crippen LogP contribution in [0.3, 0.4) is 0 Å². The summed E-state index contributed by atoms with van der Waals surface area (Å²) in [6.45, 7) is 0.134. The van der Waals surface area contributed by atoms with Crippen molar-refractivity contribution in [2.24, 2.45) is 5.73 Å². The van der Waals surface area contributed by atoms with Crippen LogP contribution in [0.2, 0.25) is 0 Å². The van der Waals surface area contributed by atoms with Gasteiger partial charge in [-0.3, -0.25) is 0 Å². The van der Waals surface area contributed by atoms with Gasteiger partial charge in [-0.25, -0.2) is 21.8 Å². The van der Waals surface area contributed by atoms with E-state index in [0.29, 0.717) is 16.1 Å². The third kappa shape index (κ3) is 4.91. The summed E-state index contributed by atoms with van der Waals surface area (Å²) in [5, 5.41) is 0.490. The van der Waals surface area contributed by atoms with Gasteiger partial charge in [-0.15, -0.1) is 36.2 Å². The highest BCUT2D eigenvalue weighted by molar-refractivity contribution is 7.93. The van der Waals surface area contributed by atoms with Gasteiger partial charge in [0.2, 0.25) is 9.84 Å². The summed E-state index contributed by atoms with van der Waals surface area (Å²) in [7, 11) is -7.52. The van der Waals surface area contributed by atoms with Crippen LogP contribution in [-0.4, -0.2) is 28.1 Å². The maximum absolute atomic E-state index is 13.2. The molecular weight excluding hydrogens is 463 g/mol.